The predicted octanol–water partition coefficient (Wildman–Crippen LogP) is 1.36. The zero-order valence-corrected chi connectivity index (χ0v) is 11.6. The first-order valence-electron chi connectivity index (χ1n) is 7.04. The Bertz CT molecular complexity index is 615. The summed E-state index contributed by atoms with van der Waals surface area (Å²) in [5, 5.41) is 6.58. The Morgan fingerprint density at radius 3 is 2.85 bits per heavy atom. The van der Waals surface area contributed by atoms with E-state index >= 15 is 0 Å². The second kappa shape index (κ2) is 5.54. The SMILES string of the molecule is CCOC(=O)c1cccc2c1ccn2N1CCNCC1. The molecule has 5 heteroatoms. The summed E-state index contributed by atoms with van der Waals surface area (Å²) in [5.41, 5.74) is 1.69. The molecule has 1 fully saturated rings. The average Bonchev–Trinajstić information content (AvgIpc) is 2.92. The largest absolute Gasteiger partial charge is 0.462 e. The highest BCUT2D eigenvalue weighted by Gasteiger charge is 2.16. The molecule has 106 valence electrons. The van der Waals surface area contributed by atoms with Crippen LogP contribution in [0.5, 0.6) is 0 Å². The van der Waals surface area contributed by atoms with Crippen LogP contribution in [0, 0.1) is 0 Å². The number of aromatic nitrogens is 1. The first kappa shape index (κ1) is 13.0. The van der Waals surface area contributed by atoms with Crippen LogP contribution in [-0.2, 0) is 4.74 Å². The molecular weight excluding hydrogens is 254 g/mol. The Morgan fingerprint density at radius 2 is 2.10 bits per heavy atom. The first-order chi connectivity index (χ1) is 9.81. The number of piperazine rings is 1. The summed E-state index contributed by atoms with van der Waals surface area (Å²) in [6.07, 6.45) is 2.03. The zero-order valence-electron chi connectivity index (χ0n) is 11.6. The van der Waals surface area contributed by atoms with Crippen molar-refractivity contribution >= 4 is 16.9 Å². The lowest BCUT2D eigenvalue weighted by Gasteiger charge is -2.31. The van der Waals surface area contributed by atoms with Gasteiger partial charge in [-0.2, -0.15) is 0 Å². The molecule has 1 N–H and O–H groups in total. The third-order valence-corrected chi connectivity index (χ3v) is 3.61. The van der Waals surface area contributed by atoms with Crippen molar-refractivity contribution in [2.75, 3.05) is 37.8 Å². The Balaban J connectivity index is 2.00. The smallest absolute Gasteiger partial charge is 0.338 e. The molecule has 1 aromatic heterocycles. The van der Waals surface area contributed by atoms with E-state index in [1.807, 2.05) is 37.4 Å². The van der Waals surface area contributed by atoms with Gasteiger partial charge in [0, 0.05) is 37.8 Å². The quantitative estimate of drug-likeness (QED) is 0.858. The van der Waals surface area contributed by atoms with Gasteiger partial charge < -0.3 is 15.1 Å². The molecule has 0 atom stereocenters. The van der Waals surface area contributed by atoms with E-state index in [1.54, 1.807) is 0 Å². The van der Waals surface area contributed by atoms with Crippen LogP contribution in [-0.4, -0.2) is 43.4 Å². The Kier molecular flexibility index (Phi) is 3.60. The van der Waals surface area contributed by atoms with Gasteiger partial charge >= 0.3 is 5.97 Å². The molecule has 2 aromatic rings. The maximum atomic E-state index is 12.0. The fourth-order valence-corrected chi connectivity index (χ4v) is 2.66. The van der Waals surface area contributed by atoms with Crippen LogP contribution in [0.3, 0.4) is 0 Å². The van der Waals surface area contributed by atoms with Crippen molar-refractivity contribution in [1.82, 2.24) is 9.99 Å². The summed E-state index contributed by atoms with van der Waals surface area (Å²) in [4.78, 5) is 12.0. The molecule has 3 rings (SSSR count). The van der Waals surface area contributed by atoms with E-state index in [1.165, 1.54) is 0 Å². The maximum Gasteiger partial charge on any atom is 0.338 e. The van der Waals surface area contributed by atoms with E-state index in [-0.39, 0.29) is 5.97 Å². The van der Waals surface area contributed by atoms with Gasteiger partial charge in [-0.05, 0) is 25.1 Å². The number of fused-ring (bicyclic) bond motifs is 1. The summed E-state index contributed by atoms with van der Waals surface area (Å²) in [7, 11) is 0. The highest BCUT2D eigenvalue weighted by molar-refractivity contribution is 6.04. The topological polar surface area (TPSA) is 46.5 Å². The van der Waals surface area contributed by atoms with E-state index in [2.05, 4.69) is 15.0 Å². The van der Waals surface area contributed by atoms with Gasteiger partial charge in [-0.15, -0.1) is 0 Å². The number of carbonyl (C=O) groups is 1. The standard InChI is InChI=1S/C15H19N3O2/c1-2-20-15(19)13-4-3-5-14-12(13)6-9-18(14)17-10-7-16-8-11-17/h3-6,9,16H,2,7-8,10-11H2,1H3. The number of nitrogens with zero attached hydrogens (tertiary/aromatic N) is 2. The number of benzene rings is 1. The average molecular weight is 273 g/mol. The van der Waals surface area contributed by atoms with E-state index in [9.17, 15) is 4.79 Å². The zero-order chi connectivity index (χ0) is 13.9. The molecule has 0 amide bonds. The van der Waals surface area contributed by atoms with E-state index in [4.69, 9.17) is 4.74 Å². The van der Waals surface area contributed by atoms with Gasteiger partial charge in [0.2, 0.25) is 0 Å². The van der Waals surface area contributed by atoms with Crippen molar-refractivity contribution in [2.24, 2.45) is 0 Å². The van der Waals surface area contributed by atoms with Crippen molar-refractivity contribution in [3.05, 3.63) is 36.0 Å². The molecule has 1 aliphatic heterocycles. The van der Waals surface area contributed by atoms with Gasteiger partial charge in [-0.1, -0.05) is 6.07 Å². The minimum absolute atomic E-state index is 0.254. The van der Waals surface area contributed by atoms with Gasteiger partial charge in [0.05, 0.1) is 17.7 Å². The van der Waals surface area contributed by atoms with Crippen molar-refractivity contribution in [2.45, 2.75) is 6.92 Å². The molecule has 0 bridgehead atoms. The second-order valence-corrected chi connectivity index (χ2v) is 4.82. The molecule has 0 saturated carbocycles. The molecule has 1 aliphatic rings. The molecular formula is C15H19N3O2. The summed E-state index contributed by atoms with van der Waals surface area (Å²) in [6.45, 7) is 6.12. The summed E-state index contributed by atoms with van der Waals surface area (Å²) >= 11 is 0. The normalized spacial score (nSPS) is 15.6. The predicted molar refractivity (Wildman–Crippen MR) is 78.7 cm³/mol. The van der Waals surface area contributed by atoms with Crippen LogP contribution in [0.25, 0.3) is 10.9 Å². The van der Waals surface area contributed by atoms with Crippen molar-refractivity contribution in [3.63, 3.8) is 0 Å². The number of rotatable bonds is 3. The minimum atomic E-state index is -0.254. The maximum absolute atomic E-state index is 12.0. The monoisotopic (exact) mass is 273 g/mol. The molecule has 1 saturated heterocycles. The van der Waals surface area contributed by atoms with Crippen LogP contribution in [0.15, 0.2) is 30.5 Å². The third kappa shape index (κ3) is 2.25. The Labute approximate surface area is 118 Å². The van der Waals surface area contributed by atoms with Crippen molar-refractivity contribution in [3.8, 4) is 0 Å². The number of nitrogens with one attached hydrogen (secondary N) is 1. The van der Waals surface area contributed by atoms with E-state index in [0.29, 0.717) is 12.2 Å². The number of hydrogen-bond acceptors (Lipinski definition) is 4. The van der Waals surface area contributed by atoms with Crippen molar-refractivity contribution < 1.29 is 9.53 Å². The fraction of sp³-hybridized carbons (Fsp3) is 0.400. The number of esters is 1. The number of hydrogen-bond donors (Lipinski definition) is 1. The van der Waals surface area contributed by atoms with Crippen LogP contribution >= 0.6 is 0 Å². The van der Waals surface area contributed by atoms with Gasteiger partial charge in [0.1, 0.15) is 0 Å². The fourth-order valence-electron chi connectivity index (χ4n) is 2.66. The number of ether oxygens (including phenoxy) is 1. The van der Waals surface area contributed by atoms with Crippen LogP contribution in [0.4, 0.5) is 0 Å². The molecule has 20 heavy (non-hydrogen) atoms. The lowest BCUT2D eigenvalue weighted by atomic mass is 10.1. The van der Waals surface area contributed by atoms with Gasteiger partial charge in [0.15, 0.2) is 0 Å². The van der Waals surface area contributed by atoms with Crippen LogP contribution in [0.2, 0.25) is 0 Å². The Hall–Kier alpha value is -2.01. The van der Waals surface area contributed by atoms with Crippen LogP contribution < -0.4 is 10.3 Å². The van der Waals surface area contributed by atoms with Crippen LogP contribution in [0.1, 0.15) is 17.3 Å². The molecule has 0 unspecified atom stereocenters. The van der Waals surface area contributed by atoms with Gasteiger partial charge in [0.25, 0.3) is 0 Å². The highest BCUT2D eigenvalue weighted by Crippen LogP contribution is 2.21. The highest BCUT2D eigenvalue weighted by atomic mass is 16.5. The number of carbonyl (C=O) groups excluding carboxylic acids is 1. The summed E-state index contributed by atoms with van der Waals surface area (Å²) < 4.78 is 7.26. The molecule has 2 heterocycles. The molecule has 5 nitrogen and oxygen atoms in total. The van der Waals surface area contributed by atoms with Gasteiger partial charge in [-0.3, -0.25) is 4.68 Å². The third-order valence-electron chi connectivity index (χ3n) is 3.61. The summed E-state index contributed by atoms with van der Waals surface area (Å²) in [5.74, 6) is -0.254. The summed E-state index contributed by atoms with van der Waals surface area (Å²) in [6, 6.07) is 7.76. The molecule has 0 spiro atoms. The lowest BCUT2D eigenvalue weighted by molar-refractivity contribution is 0.0528. The van der Waals surface area contributed by atoms with Gasteiger partial charge in [-0.25, -0.2) is 4.79 Å². The van der Waals surface area contributed by atoms with E-state index in [0.717, 1.165) is 37.1 Å². The minimum Gasteiger partial charge on any atom is -0.462 e. The Morgan fingerprint density at radius 1 is 1.30 bits per heavy atom. The molecule has 0 aliphatic carbocycles. The van der Waals surface area contributed by atoms with E-state index < -0.39 is 0 Å². The molecule has 1 aromatic carbocycles. The second-order valence-electron chi connectivity index (χ2n) is 4.82. The lowest BCUT2D eigenvalue weighted by Crippen LogP contribution is -2.48. The molecule has 0 radical (unpaired) electrons. The van der Waals surface area contributed by atoms with Crippen molar-refractivity contribution in [1.29, 1.82) is 0 Å². The first-order valence-corrected chi connectivity index (χ1v) is 7.04.